The molecule has 0 unspecified atom stereocenters. The van der Waals surface area contributed by atoms with Crippen molar-refractivity contribution in [3.8, 4) is 0 Å². The summed E-state index contributed by atoms with van der Waals surface area (Å²) in [5, 5.41) is 11.6. The molecule has 1 fully saturated rings. The van der Waals surface area contributed by atoms with Crippen LogP contribution in [0.1, 0.15) is 46.5 Å². The Kier molecular flexibility index (Phi) is 6.26. The Bertz CT molecular complexity index is 331. The Morgan fingerprint density at radius 2 is 1.90 bits per heavy atom. The number of aliphatic hydroxyl groups excluding tert-OH is 1. The van der Waals surface area contributed by atoms with E-state index in [0.717, 1.165) is 12.8 Å². The minimum Gasteiger partial charge on any atom is -0.444 e. The highest BCUT2D eigenvalue weighted by molar-refractivity contribution is 5.76. The van der Waals surface area contributed by atoms with Crippen molar-refractivity contribution in [3.05, 3.63) is 0 Å². The van der Waals surface area contributed by atoms with Crippen molar-refractivity contribution >= 4 is 12.0 Å². The summed E-state index contributed by atoms with van der Waals surface area (Å²) in [6.45, 7) is 6.82. The molecule has 0 radical (unpaired) electrons. The summed E-state index contributed by atoms with van der Waals surface area (Å²) in [4.78, 5) is 25.2. The average Bonchev–Trinajstić information content (AvgIpc) is 2.34. The molecular formula is C14H26N2O4. The predicted molar refractivity (Wildman–Crippen MR) is 75.3 cm³/mol. The number of nitrogens with one attached hydrogen (secondary N) is 1. The van der Waals surface area contributed by atoms with Crippen molar-refractivity contribution in [1.29, 1.82) is 0 Å². The van der Waals surface area contributed by atoms with E-state index in [2.05, 4.69) is 5.32 Å². The summed E-state index contributed by atoms with van der Waals surface area (Å²) in [6, 6.07) is 0.0618. The highest BCUT2D eigenvalue weighted by atomic mass is 16.6. The van der Waals surface area contributed by atoms with Crippen LogP contribution < -0.4 is 5.32 Å². The van der Waals surface area contributed by atoms with Gasteiger partial charge in [-0.25, -0.2) is 4.79 Å². The first-order valence-electron chi connectivity index (χ1n) is 7.20. The monoisotopic (exact) mass is 286 g/mol. The SMILES string of the molecule is CC(C)(C)OC(=O)NC1CCN(C(=O)CCCO)CC1. The summed E-state index contributed by atoms with van der Waals surface area (Å²) in [5.74, 6) is 0.0785. The van der Waals surface area contributed by atoms with Crippen LogP contribution in [-0.2, 0) is 9.53 Å². The summed E-state index contributed by atoms with van der Waals surface area (Å²) in [5.41, 5.74) is -0.495. The van der Waals surface area contributed by atoms with Gasteiger partial charge in [0.25, 0.3) is 0 Å². The molecule has 0 aromatic carbocycles. The number of rotatable bonds is 4. The molecule has 0 atom stereocenters. The number of nitrogens with zero attached hydrogens (tertiary/aromatic N) is 1. The van der Waals surface area contributed by atoms with Crippen molar-refractivity contribution in [2.75, 3.05) is 19.7 Å². The molecule has 0 saturated carbocycles. The highest BCUT2D eigenvalue weighted by Crippen LogP contribution is 2.13. The summed E-state index contributed by atoms with van der Waals surface area (Å²) in [6.07, 6.45) is 1.98. The second kappa shape index (κ2) is 7.47. The number of hydrogen-bond donors (Lipinski definition) is 2. The lowest BCUT2D eigenvalue weighted by Crippen LogP contribution is -2.47. The zero-order valence-electron chi connectivity index (χ0n) is 12.6. The zero-order valence-corrected chi connectivity index (χ0v) is 12.6. The van der Waals surface area contributed by atoms with Crippen molar-refractivity contribution in [3.63, 3.8) is 0 Å². The number of hydrogen-bond acceptors (Lipinski definition) is 4. The molecule has 2 amide bonds. The fourth-order valence-electron chi connectivity index (χ4n) is 2.14. The minimum absolute atomic E-state index is 0.0441. The number of aliphatic hydroxyl groups is 1. The summed E-state index contributed by atoms with van der Waals surface area (Å²) < 4.78 is 5.21. The van der Waals surface area contributed by atoms with E-state index in [9.17, 15) is 9.59 Å². The second-order valence-corrected chi connectivity index (χ2v) is 6.13. The second-order valence-electron chi connectivity index (χ2n) is 6.13. The highest BCUT2D eigenvalue weighted by Gasteiger charge is 2.25. The van der Waals surface area contributed by atoms with Crippen molar-refractivity contribution in [2.24, 2.45) is 0 Å². The van der Waals surface area contributed by atoms with Crippen LogP contribution in [0, 0.1) is 0 Å². The van der Waals surface area contributed by atoms with Gasteiger partial charge in [0.15, 0.2) is 0 Å². The molecule has 20 heavy (non-hydrogen) atoms. The van der Waals surface area contributed by atoms with Crippen LogP contribution in [0.5, 0.6) is 0 Å². The number of piperidine rings is 1. The van der Waals surface area contributed by atoms with E-state index in [1.54, 1.807) is 4.90 Å². The van der Waals surface area contributed by atoms with Crippen LogP contribution in [0.25, 0.3) is 0 Å². The molecular weight excluding hydrogens is 260 g/mol. The number of ether oxygens (including phenoxy) is 1. The third kappa shape index (κ3) is 6.23. The molecule has 0 aliphatic carbocycles. The Hall–Kier alpha value is -1.30. The van der Waals surface area contributed by atoms with E-state index >= 15 is 0 Å². The predicted octanol–water partition coefficient (Wildman–Crippen LogP) is 1.27. The Morgan fingerprint density at radius 3 is 2.40 bits per heavy atom. The van der Waals surface area contributed by atoms with Crippen molar-refractivity contribution in [1.82, 2.24) is 10.2 Å². The maximum Gasteiger partial charge on any atom is 0.407 e. The third-order valence-corrected chi connectivity index (χ3v) is 3.12. The van der Waals surface area contributed by atoms with E-state index in [4.69, 9.17) is 9.84 Å². The van der Waals surface area contributed by atoms with Gasteiger partial charge in [0.2, 0.25) is 5.91 Å². The van der Waals surface area contributed by atoms with Gasteiger partial charge in [-0.1, -0.05) is 0 Å². The lowest BCUT2D eigenvalue weighted by atomic mass is 10.0. The summed E-state index contributed by atoms with van der Waals surface area (Å²) >= 11 is 0. The molecule has 6 heteroatoms. The normalized spacial score (nSPS) is 16.9. The van der Waals surface area contributed by atoms with Crippen LogP contribution in [-0.4, -0.2) is 53.3 Å². The van der Waals surface area contributed by atoms with Crippen molar-refractivity contribution < 1.29 is 19.4 Å². The summed E-state index contributed by atoms with van der Waals surface area (Å²) in [7, 11) is 0. The number of carbonyl (C=O) groups excluding carboxylic acids is 2. The number of likely N-dealkylation sites (tertiary alicyclic amines) is 1. The van der Waals surface area contributed by atoms with Crippen LogP contribution in [0.15, 0.2) is 0 Å². The molecule has 1 saturated heterocycles. The van der Waals surface area contributed by atoms with Crippen molar-refractivity contribution in [2.45, 2.75) is 58.1 Å². The standard InChI is InChI=1S/C14H26N2O4/c1-14(2,3)20-13(19)15-11-6-8-16(9-7-11)12(18)5-4-10-17/h11,17H,4-10H2,1-3H3,(H,15,19). The molecule has 1 aliphatic rings. The maximum absolute atomic E-state index is 11.8. The Balaban J connectivity index is 2.28. The van der Waals surface area contributed by atoms with Crippen LogP contribution in [0.2, 0.25) is 0 Å². The van der Waals surface area contributed by atoms with Gasteiger partial charge in [-0.2, -0.15) is 0 Å². The number of alkyl carbamates (subject to hydrolysis) is 1. The fraction of sp³-hybridized carbons (Fsp3) is 0.857. The van der Waals surface area contributed by atoms with Gasteiger partial charge < -0.3 is 20.1 Å². The van der Waals surface area contributed by atoms with E-state index < -0.39 is 11.7 Å². The molecule has 0 aromatic heterocycles. The van der Waals surface area contributed by atoms with E-state index in [1.807, 2.05) is 20.8 Å². The number of amides is 2. The quantitative estimate of drug-likeness (QED) is 0.816. The van der Waals surface area contributed by atoms with Crippen LogP contribution in [0.4, 0.5) is 4.79 Å². The molecule has 0 bridgehead atoms. The maximum atomic E-state index is 11.8. The molecule has 6 nitrogen and oxygen atoms in total. The van der Waals surface area contributed by atoms with Gasteiger partial charge in [0.1, 0.15) is 5.60 Å². The lowest BCUT2D eigenvalue weighted by Gasteiger charge is -2.33. The molecule has 1 rings (SSSR count). The van der Waals surface area contributed by atoms with Gasteiger partial charge >= 0.3 is 6.09 Å². The smallest absolute Gasteiger partial charge is 0.407 e. The Morgan fingerprint density at radius 1 is 1.30 bits per heavy atom. The van der Waals surface area contributed by atoms with Gasteiger partial charge in [-0.3, -0.25) is 4.79 Å². The van der Waals surface area contributed by atoms with Crippen LogP contribution in [0.3, 0.4) is 0 Å². The first kappa shape index (κ1) is 16.8. The molecule has 1 heterocycles. The van der Waals surface area contributed by atoms with E-state index in [1.165, 1.54) is 0 Å². The van der Waals surface area contributed by atoms with E-state index in [-0.39, 0.29) is 18.6 Å². The van der Waals surface area contributed by atoms with Crippen LogP contribution >= 0.6 is 0 Å². The van der Waals surface area contributed by atoms with Gasteiger partial charge in [0.05, 0.1) is 0 Å². The molecule has 116 valence electrons. The molecule has 0 aromatic rings. The first-order valence-corrected chi connectivity index (χ1v) is 7.20. The first-order chi connectivity index (χ1) is 9.31. The van der Waals surface area contributed by atoms with E-state index in [0.29, 0.717) is 25.9 Å². The topological polar surface area (TPSA) is 78.9 Å². The zero-order chi connectivity index (χ0) is 15.2. The van der Waals surface area contributed by atoms with Gasteiger partial charge in [-0.05, 0) is 40.0 Å². The fourth-order valence-corrected chi connectivity index (χ4v) is 2.14. The van der Waals surface area contributed by atoms with Gasteiger partial charge in [-0.15, -0.1) is 0 Å². The molecule has 2 N–H and O–H groups in total. The largest absolute Gasteiger partial charge is 0.444 e. The third-order valence-electron chi connectivity index (χ3n) is 3.12. The Labute approximate surface area is 120 Å². The number of carbonyl (C=O) groups is 2. The lowest BCUT2D eigenvalue weighted by molar-refractivity contribution is -0.132. The molecule has 1 aliphatic heterocycles. The van der Waals surface area contributed by atoms with Gasteiger partial charge in [0, 0.05) is 32.2 Å². The average molecular weight is 286 g/mol. The molecule has 0 spiro atoms. The minimum atomic E-state index is -0.495.